The molecule has 0 aliphatic carbocycles. The van der Waals surface area contributed by atoms with Crippen molar-refractivity contribution in [3.63, 3.8) is 0 Å². The van der Waals surface area contributed by atoms with Crippen LogP contribution in [0.25, 0.3) is 0 Å². The van der Waals surface area contributed by atoms with Crippen LogP contribution in [0.5, 0.6) is 0 Å². The van der Waals surface area contributed by atoms with Crippen molar-refractivity contribution in [1.82, 2.24) is 5.32 Å². The van der Waals surface area contributed by atoms with Gasteiger partial charge >= 0.3 is 5.97 Å². The minimum atomic E-state index is -1.62. The maximum atomic E-state index is 13.4. The third-order valence-corrected chi connectivity index (χ3v) is 15.5. The molecule has 0 aromatic rings. The molecule has 1 fully saturated rings. The average molecular weight is 1090 g/mol. The van der Waals surface area contributed by atoms with Gasteiger partial charge in [-0.15, -0.1) is 0 Å². The molecule has 0 spiro atoms. The van der Waals surface area contributed by atoms with Gasteiger partial charge in [-0.05, 0) is 77.0 Å². The number of allylic oxidation sites excluding steroid dienone is 5. The summed E-state index contributed by atoms with van der Waals surface area (Å²) in [7, 11) is 0. The van der Waals surface area contributed by atoms with Gasteiger partial charge in [0.05, 0.1) is 25.4 Å². The Morgan fingerprint density at radius 1 is 0.494 bits per heavy atom. The second-order valence-corrected chi connectivity index (χ2v) is 22.8. The molecule has 0 saturated carbocycles. The second-order valence-electron chi connectivity index (χ2n) is 22.8. The number of ether oxygens (including phenoxy) is 3. The van der Waals surface area contributed by atoms with E-state index in [0.717, 1.165) is 64.2 Å². The molecule has 1 aliphatic heterocycles. The van der Waals surface area contributed by atoms with Crippen molar-refractivity contribution in [3.05, 3.63) is 36.5 Å². The predicted molar refractivity (Wildman–Crippen MR) is 320 cm³/mol. The van der Waals surface area contributed by atoms with Crippen LogP contribution >= 0.6 is 0 Å². The van der Waals surface area contributed by atoms with Crippen molar-refractivity contribution in [2.24, 2.45) is 0 Å². The molecule has 0 bridgehead atoms. The summed E-state index contributed by atoms with van der Waals surface area (Å²) in [6.45, 7) is 5.79. The molecule has 11 heteroatoms. The maximum absolute atomic E-state index is 13.4. The van der Waals surface area contributed by atoms with Gasteiger partial charge in [-0.2, -0.15) is 0 Å². The smallest absolute Gasteiger partial charge is 0.306 e. The van der Waals surface area contributed by atoms with Crippen LogP contribution in [0.4, 0.5) is 0 Å². The number of rotatable bonds is 56. The number of amides is 1. The second kappa shape index (κ2) is 54.5. The van der Waals surface area contributed by atoms with Crippen LogP contribution in [-0.4, -0.2) is 99.6 Å². The number of unbranched alkanes of at least 4 members (excludes halogenated alkanes) is 38. The van der Waals surface area contributed by atoms with Crippen LogP contribution in [0.3, 0.4) is 0 Å². The molecule has 0 aromatic carbocycles. The molecular weight excluding hydrogens is 967 g/mol. The summed E-state index contributed by atoms with van der Waals surface area (Å²) in [6, 6.07) is -1.02. The Balaban J connectivity index is 2.63. The van der Waals surface area contributed by atoms with Gasteiger partial charge in [-0.3, -0.25) is 9.59 Å². The van der Waals surface area contributed by atoms with E-state index in [0.29, 0.717) is 19.3 Å². The summed E-state index contributed by atoms with van der Waals surface area (Å²) < 4.78 is 17.6. The zero-order chi connectivity index (χ0) is 56.1. The average Bonchev–Trinajstić information content (AvgIpc) is 3.43. The number of carbonyl (C=O) groups excluding carboxylic acids is 2. The molecule has 1 saturated heterocycles. The fourth-order valence-corrected chi connectivity index (χ4v) is 10.3. The van der Waals surface area contributed by atoms with E-state index < -0.39 is 67.4 Å². The van der Waals surface area contributed by atoms with Gasteiger partial charge in [0.2, 0.25) is 5.91 Å². The van der Waals surface area contributed by atoms with E-state index in [9.17, 15) is 35.1 Å². The number of aliphatic hydroxyl groups is 5. The topological polar surface area (TPSA) is 175 Å². The molecule has 1 amide bonds. The van der Waals surface area contributed by atoms with E-state index in [2.05, 4.69) is 50.4 Å². The van der Waals surface area contributed by atoms with Gasteiger partial charge in [0.1, 0.15) is 24.4 Å². The summed E-state index contributed by atoms with van der Waals surface area (Å²) >= 11 is 0. The molecule has 1 heterocycles. The number of esters is 1. The van der Waals surface area contributed by atoms with E-state index in [4.69, 9.17) is 14.2 Å². The lowest BCUT2D eigenvalue weighted by Crippen LogP contribution is -2.61. The van der Waals surface area contributed by atoms with Crippen molar-refractivity contribution in [2.45, 2.75) is 359 Å². The number of hydrogen-bond donors (Lipinski definition) is 6. The van der Waals surface area contributed by atoms with Crippen molar-refractivity contribution >= 4 is 11.9 Å². The zero-order valence-electron chi connectivity index (χ0n) is 50.1. The Bertz CT molecular complexity index is 1390. The van der Waals surface area contributed by atoms with Crippen LogP contribution in [0.1, 0.15) is 310 Å². The first kappa shape index (κ1) is 72.9. The minimum Gasteiger partial charge on any atom is -0.454 e. The first-order chi connectivity index (χ1) is 37.7. The number of aliphatic hydroxyl groups excluding tert-OH is 5. The summed E-state index contributed by atoms with van der Waals surface area (Å²) in [4.78, 5) is 26.5. The number of hydrogen-bond acceptors (Lipinski definition) is 10. The van der Waals surface area contributed by atoms with Crippen molar-refractivity contribution in [3.8, 4) is 0 Å². The van der Waals surface area contributed by atoms with Gasteiger partial charge in [-0.25, -0.2) is 0 Å². The van der Waals surface area contributed by atoms with Gasteiger partial charge in [0.15, 0.2) is 12.4 Å². The van der Waals surface area contributed by atoms with Gasteiger partial charge in [0.25, 0.3) is 0 Å². The van der Waals surface area contributed by atoms with Crippen molar-refractivity contribution < 1.29 is 49.3 Å². The van der Waals surface area contributed by atoms with Gasteiger partial charge in [-0.1, -0.05) is 263 Å². The summed E-state index contributed by atoms with van der Waals surface area (Å²) in [5.74, 6) is -1.20. The normalized spacial score (nSPS) is 19.2. The minimum absolute atomic E-state index is 0.105. The summed E-state index contributed by atoms with van der Waals surface area (Å²) in [5.41, 5.74) is 0. The quantitative estimate of drug-likeness (QED) is 0.0195. The Morgan fingerprint density at radius 2 is 0.857 bits per heavy atom. The van der Waals surface area contributed by atoms with E-state index in [1.54, 1.807) is 6.08 Å². The van der Waals surface area contributed by atoms with E-state index >= 15 is 0 Å². The lowest BCUT2D eigenvalue weighted by Gasteiger charge is -2.41. The zero-order valence-corrected chi connectivity index (χ0v) is 50.1. The third-order valence-electron chi connectivity index (χ3n) is 15.5. The van der Waals surface area contributed by atoms with Crippen LogP contribution in [0, 0.1) is 0 Å². The van der Waals surface area contributed by atoms with E-state index in [1.807, 2.05) is 6.08 Å². The highest BCUT2D eigenvalue weighted by Crippen LogP contribution is 2.26. The molecule has 0 radical (unpaired) electrons. The van der Waals surface area contributed by atoms with Gasteiger partial charge < -0.3 is 45.1 Å². The Kier molecular flexibility index (Phi) is 51.6. The molecule has 8 unspecified atom stereocenters. The third kappa shape index (κ3) is 42.4. The standard InChI is InChI=1S/C66H123NO10/c1-4-7-10-13-16-19-22-25-26-27-28-29-30-31-32-33-36-38-41-44-47-50-53-59(70)65(74)67-57(58(69)52-49-46-43-40-37-34-23-20-17-14-11-8-5-2)56-75-66-64(63(73)62(72)60(55-68)76-66)77-61(71)54-51-48-45-42-39-35-24-21-18-15-12-9-6-3/h25-26,35,39,49,52,57-60,62-64,66,68-70,72-73H,4-24,27-34,36-38,40-48,50-51,53-56H2,1-3H3,(H,67,74)/b26-25+,39-35-,52-49+. The Labute approximate surface area is 473 Å². The Morgan fingerprint density at radius 3 is 1.26 bits per heavy atom. The highest BCUT2D eigenvalue weighted by Gasteiger charge is 2.47. The van der Waals surface area contributed by atoms with Crippen molar-refractivity contribution in [2.75, 3.05) is 13.2 Å². The largest absolute Gasteiger partial charge is 0.454 e. The molecule has 6 N–H and O–H groups in total. The molecule has 0 aromatic heterocycles. The summed E-state index contributed by atoms with van der Waals surface area (Å²) in [5, 5.41) is 57.0. The SMILES string of the molecule is CCCCCCCC/C=C\CCCCCC(=O)OC1C(OCC(NC(=O)C(O)CCCCCCCCCCCCCC/C=C/CCCCCCCC)C(O)/C=C/CCCCCCCCCCCCC)OC(CO)C(O)C1O. The van der Waals surface area contributed by atoms with Crippen LogP contribution in [-0.2, 0) is 23.8 Å². The van der Waals surface area contributed by atoms with Crippen molar-refractivity contribution in [1.29, 1.82) is 0 Å². The van der Waals surface area contributed by atoms with E-state index in [-0.39, 0.29) is 13.0 Å². The monoisotopic (exact) mass is 1090 g/mol. The molecule has 1 rings (SSSR count). The predicted octanol–water partition coefficient (Wildman–Crippen LogP) is 15.8. The molecule has 8 atom stereocenters. The molecular formula is C66H123NO10. The summed E-state index contributed by atoms with van der Waals surface area (Å²) in [6.07, 6.45) is 54.7. The maximum Gasteiger partial charge on any atom is 0.306 e. The molecule has 1 aliphatic rings. The lowest BCUT2D eigenvalue weighted by atomic mass is 9.99. The van der Waals surface area contributed by atoms with Gasteiger partial charge in [0, 0.05) is 6.42 Å². The van der Waals surface area contributed by atoms with E-state index in [1.165, 1.54) is 199 Å². The Hall–Kier alpha value is -2.12. The lowest BCUT2D eigenvalue weighted by molar-refractivity contribution is -0.305. The fraction of sp³-hybridized carbons (Fsp3) is 0.879. The van der Waals surface area contributed by atoms with Crippen LogP contribution in [0.15, 0.2) is 36.5 Å². The fourth-order valence-electron chi connectivity index (χ4n) is 10.3. The first-order valence-corrected chi connectivity index (χ1v) is 32.8. The highest BCUT2D eigenvalue weighted by atomic mass is 16.7. The highest BCUT2D eigenvalue weighted by molar-refractivity contribution is 5.80. The first-order valence-electron chi connectivity index (χ1n) is 32.8. The van der Waals surface area contributed by atoms with Crippen LogP contribution < -0.4 is 5.32 Å². The molecule has 11 nitrogen and oxygen atoms in total. The number of carbonyl (C=O) groups is 2. The molecule has 77 heavy (non-hydrogen) atoms. The van der Waals surface area contributed by atoms with Crippen LogP contribution in [0.2, 0.25) is 0 Å². The number of nitrogens with one attached hydrogen (secondary N) is 1. The molecule has 452 valence electrons.